The topological polar surface area (TPSA) is 60.3 Å². The molecule has 0 saturated carbocycles. The molecular formula is C24H23F3N2O3. The van der Waals surface area contributed by atoms with Gasteiger partial charge in [0.2, 0.25) is 0 Å². The van der Waals surface area contributed by atoms with E-state index < -0.39 is 23.6 Å². The van der Waals surface area contributed by atoms with E-state index in [-0.39, 0.29) is 23.6 Å². The molecule has 0 saturated heterocycles. The molecule has 0 aliphatic heterocycles. The van der Waals surface area contributed by atoms with Crippen molar-refractivity contribution < 1.29 is 27.5 Å². The van der Waals surface area contributed by atoms with Crippen LogP contribution in [0.5, 0.6) is 0 Å². The van der Waals surface area contributed by atoms with Gasteiger partial charge in [-0.05, 0) is 50.1 Å². The molecule has 8 heteroatoms. The molecule has 1 heterocycles. The molecule has 5 nitrogen and oxygen atoms in total. The zero-order valence-electron chi connectivity index (χ0n) is 17.9. The summed E-state index contributed by atoms with van der Waals surface area (Å²) in [5.74, 6) is -1.17. The molecule has 2 aromatic carbocycles. The molecule has 3 aromatic rings. The van der Waals surface area contributed by atoms with Gasteiger partial charge in [0, 0.05) is 17.9 Å². The Morgan fingerprint density at radius 2 is 1.72 bits per heavy atom. The molecular weight excluding hydrogens is 421 g/mol. The molecule has 1 amide bonds. The maximum atomic E-state index is 13.1. The second kappa shape index (κ2) is 9.30. The average Bonchev–Trinajstić information content (AvgIpc) is 2.98. The lowest BCUT2D eigenvalue weighted by atomic mass is 10.1. The average molecular weight is 444 g/mol. The summed E-state index contributed by atoms with van der Waals surface area (Å²) < 4.78 is 45.9. The van der Waals surface area contributed by atoms with Gasteiger partial charge in [-0.3, -0.25) is 4.79 Å². The van der Waals surface area contributed by atoms with Crippen molar-refractivity contribution in [2.24, 2.45) is 0 Å². The maximum Gasteiger partial charge on any atom is 0.416 e. The number of amides is 1. The highest BCUT2D eigenvalue weighted by atomic mass is 19.4. The highest BCUT2D eigenvalue weighted by molar-refractivity contribution is 6.08. The number of aromatic nitrogens is 1. The van der Waals surface area contributed by atoms with Crippen LogP contribution in [0, 0.1) is 13.8 Å². The quantitative estimate of drug-likeness (QED) is 0.504. The number of alkyl halides is 3. The predicted octanol–water partition coefficient (Wildman–Crippen LogP) is 5.60. The van der Waals surface area contributed by atoms with E-state index in [1.54, 1.807) is 25.3 Å². The summed E-state index contributed by atoms with van der Waals surface area (Å²) >= 11 is 0. The number of ether oxygens (including phenoxy) is 1. The highest BCUT2D eigenvalue weighted by Crippen LogP contribution is 2.31. The van der Waals surface area contributed by atoms with E-state index in [0.29, 0.717) is 17.8 Å². The Kier molecular flexibility index (Phi) is 6.72. The fraction of sp³-hybridized carbons (Fsp3) is 0.250. The van der Waals surface area contributed by atoms with Crippen molar-refractivity contribution in [3.63, 3.8) is 0 Å². The number of nitrogens with one attached hydrogen (secondary N) is 1. The fourth-order valence-corrected chi connectivity index (χ4v) is 3.62. The number of carbonyl (C=O) groups excluding carboxylic acids is 2. The van der Waals surface area contributed by atoms with Gasteiger partial charge in [0.15, 0.2) is 0 Å². The van der Waals surface area contributed by atoms with Crippen molar-refractivity contribution in [1.29, 1.82) is 0 Å². The van der Waals surface area contributed by atoms with E-state index in [1.165, 1.54) is 12.1 Å². The summed E-state index contributed by atoms with van der Waals surface area (Å²) in [6.07, 6.45) is -4.53. The normalized spacial score (nSPS) is 11.3. The predicted molar refractivity (Wildman–Crippen MR) is 115 cm³/mol. The molecule has 0 atom stereocenters. The first-order valence-corrected chi connectivity index (χ1v) is 10.0. The molecule has 3 rings (SSSR count). The van der Waals surface area contributed by atoms with Crippen LogP contribution >= 0.6 is 0 Å². The SMILES string of the molecule is CCOC(=O)c1c(C)c(C(=O)Nc2cccc(C(F)(F)F)c2)c(C)n1Cc1ccccc1. The number of halogens is 3. The lowest BCUT2D eigenvalue weighted by molar-refractivity contribution is -0.137. The summed E-state index contributed by atoms with van der Waals surface area (Å²) in [6.45, 7) is 5.51. The van der Waals surface area contributed by atoms with E-state index in [1.807, 2.05) is 30.3 Å². The molecule has 0 spiro atoms. The van der Waals surface area contributed by atoms with Crippen molar-refractivity contribution in [2.45, 2.75) is 33.5 Å². The molecule has 1 N–H and O–H groups in total. The summed E-state index contributed by atoms with van der Waals surface area (Å²) in [5.41, 5.74) is 1.44. The minimum Gasteiger partial charge on any atom is -0.461 e. The largest absolute Gasteiger partial charge is 0.461 e. The second-order valence-electron chi connectivity index (χ2n) is 7.26. The van der Waals surface area contributed by atoms with Gasteiger partial charge in [0.25, 0.3) is 5.91 Å². The zero-order chi connectivity index (χ0) is 23.5. The number of esters is 1. The lowest BCUT2D eigenvalue weighted by Gasteiger charge is -2.12. The van der Waals surface area contributed by atoms with E-state index in [0.717, 1.165) is 17.7 Å². The van der Waals surface area contributed by atoms with E-state index in [9.17, 15) is 22.8 Å². The van der Waals surface area contributed by atoms with Crippen LogP contribution in [0.3, 0.4) is 0 Å². The Balaban J connectivity index is 2.01. The van der Waals surface area contributed by atoms with Crippen LogP contribution < -0.4 is 5.32 Å². The van der Waals surface area contributed by atoms with Crippen LogP contribution in [-0.2, 0) is 17.5 Å². The van der Waals surface area contributed by atoms with E-state index >= 15 is 0 Å². The zero-order valence-corrected chi connectivity index (χ0v) is 17.9. The maximum absolute atomic E-state index is 13.1. The number of carbonyl (C=O) groups is 2. The minimum atomic E-state index is -4.53. The van der Waals surface area contributed by atoms with Crippen LogP contribution in [0.4, 0.5) is 18.9 Å². The Morgan fingerprint density at radius 1 is 1.03 bits per heavy atom. The third kappa shape index (κ3) is 4.85. The third-order valence-electron chi connectivity index (χ3n) is 5.09. The van der Waals surface area contributed by atoms with Gasteiger partial charge in [-0.2, -0.15) is 13.2 Å². The Labute approximate surface area is 183 Å². The standard InChI is InChI=1S/C24H23F3N2O3/c1-4-32-23(31)21-15(2)20(16(3)29(21)14-17-9-6-5-7-10-17)22(30)28-19-12-8-11-18(13-19)24(25,26)27/h5-13H,4,14H2,1-3H3,(H,28,30). The number of hydrogen-bond acceptors (Lipinski definition) is 3. The van der Waals surface area contributed by atoms with Gasteiger partial charge in [0.1, 0.15) is 5.69 Å². The molecule has 0 unspecified atom stereocenters. The third-order valence-corrected chi connectivity index (χ3v) is 5.09. The summed E-state index contributed by atoms with van der Waals surface area (Å²) in [6, 6.07) is 13.8. The summed E-state index contributed by atoms with van der Waals surface area (Å²) in [4.78, 5) is 25.7. The first kappa shape index (κ1) is 23.1. The first-order chi connectivity index (χ1) is 15.1. The number of benzene rings is 2. The van der Waals surface area contributed by atoms with Gasteiger partial charge >= 0.3 is 12.1 Å². The van der Waals surface area contributed by atoms with Crippen LogP contribution in [0.2, 0.25) is 0 Å². The van der Waals surface area contributed by atoms with Crippen molar-refractivity contribution in [1.82, 2.24) is 4.57 Å². The first-order valence-electron chi connectivity index (χ1n) is 10.0. The number of anilines is 1. The minimum absolute atomic E-state index is 0.0112. The summed E-state index contributed by atoms with van der Waals surface area (Å²) in [7, 11) is 0. The van der Waals surface area contributed by atoms with Gasteiger partial charge in [-0.15, -0.1) is 0 Å². The van der Waals surface area contributed by atoms with Gasteiger partial charge in [0.05, 0.1) is 17.7 Å². The van der Waals surface area contributed by atoms with Crippen molar-refractivity contribution in [3.8, 4) is 0 Å². The molecule has 1 aromatic heterocycles. The van der Waals surface area contributed by atoms with Crippen LogP contribution in [-0.4, -0.2) is 23.1 Å². The lowest BCUT2D eigenvalue weighted by Crippen LogP contribution is -2.15. The monoisotopic (exact) mass is 444 g/mol. The number of hydrogen-bond donors (Lipinski definition) is 1. The molecule has 0 aliphatic rings. The smallest absolute Gasteiger partial charge is 0.416 e. The van der Waals surface area contributed by atoms with Crippen molar-refractivity contribution >= 4 is 17.6 Å². The van der Waals surface area contributed by atoms with E-state index in [2.05, 4.69) is 5.32 Å². The number of rotatable bonds is 6. The molecule has 0 aliphatic carbocycles. The van der Waals surface area contributed by atoms with E-state index in [4.69, 9.17) is 4.74 Å². The molecule has 32 heavy (non-hydrogen) atoms. The molecule has 0 fully saturated rings. The van der Waals surface area contributed by atoms with Gasteiger partial charge < -0.3 is 14.6 Å². The second-order valence-corrected chi connectivity index (χ2v) is 7.26. The Morgan fingerprint density at radius 3 is 2.34 bits per heavy atom. The Hall–Kier alpha value is -3.55. The fourth-order valence-electron chi connectivity index (χ4n) is 3.62. The van der Waals surface area contributed by atoms with Gasteiger partial charge in [-0.1, -0.05) is 36.4 Å². The molecule has 0 radical (unpaired) electrons. The molecule has 0 bridgehead atoms. The van der Waals surface area contributed by atoms with Crippen molar-refractivity contribution in [3.05, 3.63) is 88.2 Å². The van der Waals surface area contributed by atoms with Crippen LogP contribution in [0.25, 0.3) is 0 Å². The van der Waals surface area contributed by atoms with Crippen LogP contribution in [0.15, 0.2) is 54.6 Å². The number of nitrogens with zero attached hydrogens (tertiary/aromatic N) is 1. The van der Waals surface area contributed by atoms with Crippen molar-refractivity contribution in [2.75, 3.05) is 11.9 Å². The Bertz CT molecular complexity index is 1140. The van der Waals surface area contributed by atoms with Gasteiger partial charge in [-0.25, -0.2) is 4.79 Å². The van der Waals surface area contributed by atoms with Crippen LogP contribution in [0.1, 0.15) is 50.2 Å². The highest BCUT2D eigenvalue weighted by Gasteiger charge is 2.31. The molecule has 168 valence electrons. The summed E-state index contributed by atoms with van der Waals surface area (Å²) in [5, 5.41) is 2.52.